The van der Waals surface area contributed by atoms with Crippen molar-refractivity contribution >= 4 is 57.4 Å². The van der Waals surface area contributed by atoms with Gasteiger partial charge >= 0.3 is 0 Å². The van der Waals surface area contributed by atoms with Crippen molar-refractivity contribution in [2.45, 2.75) is 39.9 Å². The molecule has 0 bridgehead atoms. The number of pyridine rings is 1. The SMILES string of the molecule is Cc1cccn2c(=O)c(C=C3SC(=S)N(c4c(C)n(C)n(-c5ccccc5)c4=O)C3=O)c(N3CC(C)OC(C)C3)nc12. The molecule has 2 aliphatic rings. The highest BCUT2D eigenvalue weighted by Gasteiger charge is 2.38. The van der Waals surface area contributed by atoms with E-state index in [2.05, 4.69) is 0 Å². The number of carbonyl (C=O) groups is 1. The summed E-state index contributed by atoms with van der Waals surface area (Å²) < 4.78 is 10.9. The van der Waals surface area contributed by atoms with Gasteiger partial charge in [0, 0.05) is 26.3 Å². The average Bonchev–Trinajstić information content (AvgIpc) is 3.34. The maximum Gasteiger partial charge on any atom is 0.296 e. The fourth-order valence-corrected chi connectivity index (χ4v) is 6.87. The van der Waals surface area contributed by atoms with Crippen LogP contribution in [0.1, 0.15) is 30.7 Å². The molecule has 216 valence electrons. The van der Waals surface area contributed by atoms with E-state index < -0.39 is 5.91 Å². The summed E-state index contributed by atoms with van der Waals surface area (Å²) in [5.74, 6) is 0.0308. The summed E-state index contributed by atoms with van der Waals surface area (Å²) in [5, 5.41) is 0. The number of para-hydroxylation sites is 1. The van der Waals surface area contributed by atoms with Gasteiger partial charge in [-0.3, -0.25) is 28.4 Å². The van der Waals surface area contributed by atoms with E-state index in [0.717, 1.165) is 17.3 Å². The lowest BCUT2D eigenvalue weighted by Gasteiger charge is -2.36. The third kappa shape index (κ3) is 4.59. The van der Waals surface area contributed by atoms with Crippen LogP contribution in [0.5, 0.6) is 0 Å². The number of nitrogens with zero attached hydrogens (tertiary/aromatic N) is 6. The molecule has 2 fully saturated rings. The molecular weight excluding hydrogens is 573 g/mol. The van der Waals surface area contributed by atoms with Crippen LogP contribution in [0.2, 0.25) is 0 Å². The van der Waals surface area contributed by atoms with Crippen LogP contribution >= 0.6 is 24.0 Å². The number of thioether (sulfide) groups is 1. The number of anilines is 2. The van der Waals surface area contributed by atoms with Crippen LogP contribution < -0.4 is 20.9 Å². The summed E-state index contributed by atoms with van der Waals surface area (Å²) >= 11 is 6.71. The number of hydrogen-bond acceptors (Lipinski definition) is 8. The minimum Gasteiger partial charge on any atom is -0.372 e. The zero-order valence-corrected chi connectivity index (χ0v) is 25.5. The summed E-state index contributed by atoms with van der Waals surface area (Å²) in [6.07, 6.45) is 3.11. The molecular formula is C30H30N6O4S2. The maximum absolute atomic E-state index is 13.9. The second-order valence-electron chi connectivity index (χ2n) is 10.6. The molecule has 3 aromatic heterocycles. The zero-order chi connectivity index (χ0) is 29.9. The first-order valence-corrected chi connectivity index (χ1v) is 14.8. The Morgan fingerprint density at radius 2 is 1.69 bits per heavy atom. The molecule has 6 rings (SSSR count). The highest BCUT2D eigenvalue weighted by atomic mass is 32.2. The quantitative estimate of drug-likeness (QED) is 0.257. The Morgan fingerprint density at radius 3 is 2.38 bits per heavy atom. The van der Waals surface area contributed by atoms with Gasteiger partial charge in [0.25, 0.3) is 17.0 Å². The number of aryl methyl sites for hydroxylation is 1. The molecule has 10 nitrogen and oxygen atoms in total. The van der Waals surface area contributed by atoms with Crippen LogP contribution in [-0.4, -0.2) is 54.3 Å². The van der Waals surface area contributed by atoms with Crippen molar-refractivity contribution in [3.8, 4) is 5.69 Å². The van der Waals surface area contributed by atoms with Crippen molar-refractivity contribution in [2.24, 2.45) is 7.05 Å². The van der Waals surface area contributed by atoms with Crippen molar-refractivity contribution < 1.29 is 9.53 Å². The van der Waals surface area contributed by atoms with Crippen molar-refractivity contribution in [1.29, 1.82) is 0 Å². The highest BCUT2D eigenvalue weighted by molar-refractivity contribution is 8.27. The minimum absolute atomic E-state index is 0.0650. The predicted molar refractivity (Wildman–Crippen MR) is 170 cm³/mol. The molecule has 2 unspecified atom stereocenters. The van der Waals surface area contributed by atoms with Crippen LogP contribution in [0.15, 0.2) is 63.2 Å². The Bertz CT molecular complexity index is 1900. The Labute approximate surface area is 251 Å². The fraction of sp³-hybridized carbons (Fsp3) is 0.300. The van der Waals surface area contributed by atoms with Crippen molar-refractivity contribution in [3.05, 3.63) is 91.1 Å². The summed E-state index contributed by atoms with van der Waals surface area (Å²) in [6.45, 7) is 8.74. The fourth-order valence-electron chi connectivity index (χ4n) is 5.62. The molecule has 2 atom stereocenters. The van der Waals surface area contributed by atoms with E-state index in [1.54, 1.807) is 37.0 Å². The van der Waals surface area contributed by atoms with Gasteiger partial charge in [-0.25, -0.2) is 9.67 Å². The standard InChI is InChI=1S/C30H30N6O4S2/c1-17-10-9-13-34-25(17)31-26(33-15-18(2)40-19(3)16-33)22(27(34)37)14-23-28(38)35(30(41)42-23)24-20(4)32(5)36(29(24)39)21-11-7-6-8-12-21/h6-14,18-19H,15-16H2,1-5H3. The molecule has 0 N–H and O–H groups in total. The van der Waals surface area contributed by atoms with Gasteiger partial charge in [0.2, 0.25) is 0 Å². The Balaban J connectivity index is 1.48. The van der Waals surface area contributed by atoms with Crippen LogP contribution in [0.4, 0.5) is 11.5 Å². The molecule has 1 aromatic carbocycles. The van der Waals surface area contributed by atoms with Crippen LogP contribution in [-0.2, 0) is 16.6 Å². The number of hydrogen-bond donors (Lipinski definition) is 0. The number of rotatable bonds is 4. The topological polar surface area (TPSA) is 94.1 Å². The Hall–Kier alpha value is -4.00. The van der Waals surface area contributed by atoms with Gasteiger partial charge in [-0.15, -0.1) is 0 Å². The monoisotopic (exact) mass is 602 g/mol. The van der Waals surface area contributed by atoms with Gasteiger partial charge in [0.05, 0.1) is 34.1 Å². The van der Waals surface area contributed by atoms with E-state index in [4.69, 9.17) is 21.9 Å². The molecule has 5 heterocycles. The first-order valence-electron chi connectivity index (χ1n) is 13.6. The molecule has 1 amide bonds. The van der Waals surface area contributed by atoms with Crippen molar-refractivity contribution in [2.75, 3.05) is 22.9 Å². The molecule has 0 radical (unpaired) electrons. The minimum atomic E-state index is -0.459. The summed E-state index contributed by atoms with van der Waals surface area (Å²) in [5.41, 5.74) is 2.48. The second kappa shape index (κ2) is 10.7. The molecule has 2 aliphatic heterocycles. The van der Waals surface area contributed by atoms with Crippen LogP contribution in [0, 0.1) is 13.8 Å². The molecule has 12 heteroatoms. The van der Waals surface area contributed by atoms with E-state index in [0.29, 0.717) is 35.9 Å². The van der Waals surface area contributed by atoms with Gasteiger partial charge in [-0.05, 0) is 57.5 Å². The van der Waals surface area contributed by atoms with Gasteiger partial charge in [-0.2, -0.15) is 0 Å². The van der Waals surface area contributed by atoms with Crippen LogP contribution in [0.3, 0.4) is 0 Å². The number of ether oxygens (including phenoxy) is 1. The normalized spacial score (nSPS) is 20.4. The number of benzene rings is 1. The van der Waals surface area contributed by atoms with Gasteiger partial charge in [0.15, 0.2) is 4.32 Å². The summed E-state index contributed by atoms with van der Waals surface area (Å²) in [4.78, 5) is 50.1. The Morgan fingerprint density at radius 1 is 1.00 bits per heavy atom. The van der Waals surface area contributed by atoms with E-state index in [-0.39, 0.29) is 43.8 Å². The summed E-state index contributed by atoms with van der Waals surface area (Å²) in [7, 11) is 1.76. The molecule has 42 heavy (non-hydrogen) atoms. The average molecular weight is 603 g/mol. The third-order valence-corrected chi connectivity index (χ3v) is 8.90. The number of thiocarbonyl (C=S) groups is 1. The van der Waals surface area contributed by atoms with Gasteiger partial charge < -0.3 is 9.64 Å². The molecule has 0 aliphatic carbocycles. The lowest BCUT2D eigenvalue weighted by Crippen LogP contribution is -2.46. The van der Waals surface area contributed by atoms with Crippen LogP contribution in [0.25, 0.3) is 17.4 Å². The smallest absolute Gasteiger partial charge is 0.296 e. The van der Waals surface area contributed by atoms with E-state index >= 15 is 0 Å². The van der Waals surface area contributed by atoms with Gasteiger partial charge in [-0.1, -0.05) is 48.2 Å². The van der Waals surface area contributed by atoms with Gasteiger partial charge in [0.1, 0.15) is 17.2 Å². The number of aromatic nitrogens is 4. The predicted octanol–water partition coefficient (Wildman–Crippen LogP) is 3.82. The first kappa shape index (κ1) is 28.1. The number of carbonyl (C=O) groups excluding carboxylic acids is 1. The number of fused-ring (bicyclic) bond motifs is 1. The van der Waals surface area contributed by atoms with Crippen molar-refractivity contribution in [1.82, 2.24) is 18.7 Å². The van der Waals surface area contributed by atoms with Crippen molar-refractivity contribution in [3.63, 3.8) is 0 Å². The summed E-state index contributed by atoms with van der Waals surface area (Å²) in [6, 6.07) is 12.9. The van der Waals surface area contributed by atoms with E-state index in [9.17, 15) is 14.4 Å². The second-order valence-corrected chi connectivity index (χ2v) is 12.3. The lowest BCUT2D eigenvalue weighted by atomic mass is 10.1. The first-order chi connectivity index (χ1) is 20.1. The number of amides is 1. The third-order valence-electron chi connectivity index (χ3n) is 7.60. The lowest BCUT2D eigenvalue weighted by molar-refractivity contribution is -0.113. The molecule has 2 saturated heterocycles. The maximum atomic E-state index is 13.9. The highest BCUT2D eigenvalue weighted by Crippen LogP contribution is 2.37. The number of morpholine rings is 1. The Kier molecular flexibility index (Phi) is 7.16. The van der Waals surface area contributed by atoms with E-state index in [1.165, 1.54) is 14.0 Å². The molecule has 0 spiro atoms. The molecule has 4 aromatic rings. The zero-order valence-electron chi connectivity index (χ0n) is 23.9. The molecule has 0 saturated carbocycles. The van der Waals surface area contributed by atoms with E-state index in [1.807, 2.05) is 62.1 Å². The largest absolute Gasteiger partial charge is 0.372 e.